The van der Waals surface area contributed by atoms with E-state index in [0.29, 0.717) is 5.82 Å². The second-order valence-electron chi connectivity index (χ2n) is 6.18. The van der Waals surface area contributed by atoms with Crippen molar-refractivity contribution in [3.8, 4) is 11.4 Å². The predicted molar refractivity (Wildman–Crippen MR) is 101 cm³/mol. The van der Waals surface area contributed by atoms with Crippen LogP contribution in [0.1, 0.15) is 32.1 Å². The quantitative estimate of drug-likeness (QED) is 0.303. The van der Waals surface area contributed by atoms with Gasteiger partial charge in [-0.1, -0.05) is 24.3 Å². The van der Waals surface area contributed by atoms with Crippen molar-refractivity contribution in [2.75, 3.05) is 6.61 Å². The van der Waals surface area contributed by atoms with Crippen LogP contribution in [0, 0.1) is 24.0 Å². The number of hydrogen-bond donors (Lipinski definition) is 1. The Morgan fingerprint density at radius 3 is 2.43 bits per heavy atom. The van der Waals surface area contributed by atoms with Gasteiger partial charge in [0.05, 0.1) is 16.2 Å². The molecule has 0 fully saturated rings. The number of aromatic nitrogens is 2. The van der Waals surface area contributed by atoms with Crippen molar-refractivity contribution in [2.45, 2.75) is 13.8 Å². The number of aryl methyl sites for hydroxylation is 2. The van der Waals surface area contributed by atoms with E-state index < -0.39 is 23.3 Å². The number of rotatable bonds is 6. The van der Waals surface area contributed by atoms with Crippen LogP contribution in [-0.4, -0.2) is 33.3 Å². The Morgan fingerprint density at radius 1 is 1.11 bits per heavy atom. The van der Waals surface area contributed by atoms with E-state index in [1.54, 1.807) is 24.3 Å². The first-order chi connectivity index (χ1) is 13.3. The molecule has 0 saturated heterocycles. The number of ether oxygens (including phenoxy) is 1. The maximum atomic E-state index is 12.2. The van der Waals surface area contributed by atoms with E-state index in [-0.39, 0.29) is 16.8 Å². The molecule has 142 valence electrons. The monoisotopic (exact) mass is 379 g/mol. The van der Waals surface area contributed by atoms with Crippen molar-refractivity contribution in [1.82, 2.24) is 9.97 Å². The Balaban J connectivity index is 1.64. The van der Waals surface area contributed by atoms with Gasteiger partial charge in [0.15, 0.2) is 6.61 Å². The van der Waals surface area contributed by atoms with E-state index >= 15 is 0 Å². The van der Waals surface area contributed by atoms with Gasteiger partial charge in [-0.3, -0.25) is 14.9 Å². The fraction of sp³-hybridized carbons (Fsp3) is 0.150. The topological polar surface area (TPSA) is 115 Å². The van der Waals surface area contributed by atoms with Crippen LogP contribution in [0.5, 0.6) is 0 Å². The van der Waals surface area contributed by atoms with Crippen molar-refractivity contribution < 1.29 is 19.2 Å². The summed E-state index contributed by atoms with van der Waals surface area (Å²) in [5, 5.41) is 10.8. The average Bonchev–Trinajstić information content (AvgIpc) is 3.04. The molecule has 0 radical (unpaired) electrons. The Labute approximate surface area is 160 Å². The van der Waals surface area contributed by atoms with Crippen LogP contribution in [0.25, 0.3) is 11.4 Å². The van der Waals surface area contributed by atoms with Gasteiger partial charge in [-0.15, -0.1) is 0 Å². The first kappa shape index (κ1) is 19.0. The minimum Gasteiger partial charge on any atom is -0.454 e. The molecule has 0 aliphatic carbocycles. The van der Waals surface area contributed by atoms with Crippen LogP contribution >= 0.6 is 0 Å². The summed E-state index contributed by atoms with van der Waals surface area (Å²) in [6, 6.07) is 11.9. The largest absolute Gasteiger partial charge is 0.454 e. The van der Waals surface area contributed by atoms with Gasteiger partial charge in [-0.2, -0.15) is 0 Å². The molecule has 0 spiro atoms. The number of nitro groups is 1. The Hall–Kier alpha value is -3.81. The molecule has 2 aromatic carbocycles. The van der Waals surface area contributed by atoms with Gasteiger partial charge >= 0.3 is 5.97 Å². The molecule has 0 atom stereocenters. The van der Waals surface area contributed by atoms with Crippen LogP contribution in [0.2, 0.25) is 0 Å². The first-order valence-electron chi connectivity index (χ1n) is 8.43. The minimum atomic E-state index is -0.655. The van der Waals surface area contributed by atoms with E-state index in [0.717, 1.165) is 23.0 Å². The lowest BCUT2D eigenvalue weighted by atomic mass is 10.1. The van der Waals surface area contributed by atoms with Crippen LogP contribution in [0.4, 0.5) is 5.69 Å². The second-order valence-corrected chi connectivity index (χ2v) is 6.18. The van der Waals surface area contributed by atoms with E-state index in [9.17, 15) is 19.7 Å². The standard InChI is InChI=1S/C20H17N3O5/c1-12-13(2)22-19(21-12)14-6-8-15(9-7-14)20(25)28-11-18(24)16-4-3-5-17(10-16)23(26)27/h3-10H,11H2,1-2H3,(H,21,22). The molecule has 1 heterocycles. The zero-order chi connectivity index (χ0) is 20.3. The molecule has 0 saturated carbocycles. The number of non-ortho nitro benzene ring substituents is 1. The lowest BCUT2D eigenvalue weighted by molar-refractivity contribution is -0.384. The van der Waals surface area contributed by atoms with Crippen molar-refractivity contribution in [2.24, 2.45) is 0 Å². The van der Waals surface area contributed by atoms with Gasteiger partial charge in [0.1, 0.15) is 5.82 Å². The number of carbonyl (C=O) groups excluding carboxylic acids is 2. The number of Topliss-reactive ketones (excluding diaryl/α,β-unsaturated/α-hetero) is 1. The molecule has 1 N–H and O–H groups in total. The number of benzene rings is 2. The van der Waals surface area contributed by atoms with Crippen molar-refractivity contribution in [1.29, 1.82) is 0 Å². The number of nitrogens with zero attached hydrogens (tertiary/aromatic N) is 2. The van der Waals surface area contributed by atoms with E-state index in [1.165, 1.54) is 18.2 Å². The van der Waals surface area contributed by atoms with Gasteiger partial charge in [-0.05, 0) is 26.0 Å². The third-order valence-corrected chi connectivity index (χ3v) is 4.24. The number of esters is 1. The number of nitro benzene ring substituents is 1. The third kappa shape index (κ3) is 4.12. The average molecular weight is 379 g/mol. The summed E-state index contributed by atoms with van der Waals surface area (Å²) in [6.45, 7) is 3.33. The molecule has 1 aromatic heterocycles. The minimum absolute atomic E-state index is 0.112. The number of aromatic amines is 1. The Kier molecular flexibility index (Phi) is 5.30. The Bertz CT molecular complexity index is 1030. The zero-order valence-electron chi connectivity index (χ0n) is 15.3. The fourth-order valence-electron chi connectivity index (χ4n) is 2.54. The number of imidazole rings is 1. The van der Waals surface area contributed by atoms with Gasteiger partial charge in [0, 0.05) is 29.0 Å². The maximum Gasteiger partial charge on any atom is 0.338 e. The SMILES string of the molecule is Cc1nc(-c2ccc(C(=O)OCC(=O)c3cccc([N+](=O)[O-])c3)cc2)[nH]c1C. The van der Waals surface area contributed by atoms with E-state index in [2.05, 4.69) is 9.97 Å². The summed E-state index contributed by atoms with van der Waals surface area (Å²) in [5.41, 5.74) is 2.89. The molecule has 0 amide bonds. The third-order valence-electron chi connectivity index (χ3n) is 4.24. The van der Waals surface area contributed by atoms with Gasteiger partial charge in [-0.25, -0.2) is 9.78 Å². The highest BCUT2D eigenvalue weighted by Gasteiger charge is 2.15. The van der Waals surface area contributed by atoms with Crippen molar-refractivity contribution in [3.63, 3.8) is 0 Å². The molecule has 0 aliphatic heterocycles. The smallest absolute Gasteiger partial charge is 0.338 e. The molecule has 28 heavy (non-hydrogen) atoms. The van der Waals surface area contributed by atoms with Crippen LogP contribution in [0.3, 0.4) is 0 Å². The van der Waals surface area contributed by atoms with E-state index in [1.807, 2.05) is 13.8 Å². The lowest BCUT2D eigenvalue weighted by Gasteiger charge is -2.05. The summed E-state index contributed by atoms with van der Waals surface area (Å²) in [7, 11) is 0. The van der Waals surface area contributed by atoms with Crippen LogP contribution < -0.4 is 0 Å². The molecular formula is C20H17N3O5. The van der Waals surface area contributed by atoms with Gasteiger partial charge in [0.25, 0.3) is 5.69 Å². The molecule has 8 nitrogen and oxygen atoms in total. The van der Waals surface area contributed by atoms with E-state index in [4.69, 9.17) is 4.74 Å². The van der Waals surface area contributed by atoms with Crippen LogP contribution in [0.15, 0.2) is 48.5 Å². The van der Waals surface area contributed by atoms with Gasteiger partial charge < -0.3 is 9.72 Å². The van der Waals surface area contributed by atoms with Crippen molar-refractivity contribution >= 4 is 17.4 Å². The highest BCUT2D eigenvalue weighted by Crippen LogP contribution is 2.19. The summed E-state index contributed by atoms with van der Waals surface area (Å²) in [5.74, 6) is -0.469. The molecule has 0 aliphatic rings. The van der Waals surface area contributed by atoms with Crippen LogP contribution in [-0.2, 0) is 4.74 Å². The summed E-state index contributed by atoms with van der Waals surface area (Å²) >= 11 is 0. The Morgan fingerprint density at radius 2 is 1.82 bits per heavy atom. The molecule has 3 aromatic rings. The zero-order valence-corrected chi connectivity index (χ0v) is 15.3. The lowest BCUT2D eigenvalue weighted by Crippen LogP contribution is -2.14. The normalized spacial score (nSPS) is 10.5. The molecule has 8 heteroatoms. The van der Waals surface area contributed by atoms with Crippen molar-refractivity contribution in [3.05, 3.63) is 81.2 Å². The number of hydrogen-bond acceptors (Lipinski definition) is 6. The number of carbonyl (C=O) groups is 2. The molecule has 0 unspecified atom stereocenters. The predicted octanol–water partition coefficient (Wildman–Crippen LogP) is 3.64. The molecular weight excluding hydrogens is 362 g/mol. The molecule has 0 bridgehead atoms. The van der Waals surface area contributed by atoms with Gasteiger partial charge in [0.2, 0.25) is 5.78 Å². The highest BCUT2D eigenvalue weighted by molar-refractivity contribution is 5.99. The second kappa shape index (κ2) is 7.83. The summed E-state index contributed by atoms with van der Waals surface area (Å²) in [4.78, 5) is 42.0. The summed E-state index contributed by atoms with van der Waals surface area (Å²) < 4.78 is 5.03. The summed E-state index contributed by atoms with van der Waals surface area (Å²) in [6.07, 6.45) is 0. The fourth-order valence-corrected chi connectivity index (χ4v) is 2.54. The first-order valence-corrected chi connectivity index (χ1v) is 8.43. The maximum absolute atomic E-state index is 12.2. The number of ketones is 1. The highest BCUT2D eigenvalue weighted by atomic mass is 16.6. The molecule has 3 rings (SSSR count). The number of nitrogens with one attached hydrogen (secondary N) is 1. The number of H-pyrrole nitrogens is 1.